The minimum Gasteiger partial charge on any atom is -0.346 e. The predicted molar refractivity (Wildman–Crippen MR) is 69.2 cm³/mol. The lowest BCUT2D eigenvalue weighted by Crippen LogP contribution is -2.44. The van der Waals surface area contributed by atoms with E-state index in [4.69, 9.17) is 0 Å². The van der Waals surface area contributed by atoms with Crippen LogP contribution in [0.2, 0.25) is 0 Å². The van der Waals surface area contributed by atoms with Gasteiger partial charge in [-0.05, 0) is 31.8 Å². The van der Waals surface area contributed by atoms with Crippen molar-refractivity contribution in [3.63, 3.8) is 0 Å². The molecule has 1 aromatic rings. The van der Waals surface area contributed by atoms with Crippen molar-refractivity contribution in [2.45, 2.75) is 39.2 Å². The molecule has 6 heteroatoms. The first-order valence-corrected chi connectivity index (χ1v) is 7.09. The SMILES string of the molecule is CCCc1nnsc1C(=O)NC(C)(C)CBr. The molecule has 0 radical (unpaired) electrons. The zero-order valence-corrected chi connectivity index (χ0v) is 12.1. The maximum Gasteiger partial charge on any atom is 0.265 e. The number of aromatic nitrogens is 2. The van der Waals surface area contributed by atoms with Gasteiger partial charge in [-0.1, -0.05) is 33.8 Å². The Balaban J connectivity index is 2.76. The largest absolute Gasteiger partial charge is 0.346 e. The van der Waals surface area contributed by atoms with Crippen molar-refractivity contribution in [2.24, 2.45) is 0 Å². The van der Waals surface area contributed by atoms with Crippen LogP contribution >= 0.6 is 27.5 Å². The van der Waals surface area contributed by atoms with Crippen LogP contribution in [0, 0.1) is 0 Å². The molecule has 0 aliphatic rings. The summed E-state index contributed by atoms with van der Waals surface area (Å²) in [7, 11) is 0. The number of nitrogens with one attached hydrogen (secondary N) is 1. The second-order valence-corrected chi connectivity index (χ2v) is 5.59. The van der Waals surface area contributed by atoms with Gasteiger partial charge in [-0.25, -0.2) is 0 Å². The lowest BCUT2D eigenvalue weighted by Gasteiger charge is -2.23. The van der Waals surface area contributed by atoms with Crippen LogP contribution in [0.25, 0.3) is 0 Å². The number of halogens is 1. The lowest BCUT2D eigenvalue weighted by atomic mass is 10.1. The average molecular weight is 306 g/mol. The van der Waals surface area contributed by atoms with Crippen LogP contribution in [0.15, 0.2) is 0 Å². The van der Waals surface area contributed by atoms with E-state index in [1.54, 1.807) is 0 Å². The first-order chi connectivity index (χ1) is 7.50. The summed E-state index contributed by atoms with van der Waals surface area (Å²) in [5, 5.41) is 7.64. The minimum absolute atomic E-state index is 0.0806. The van der Waals surface area contributed by atoms with Crippen LogP contribution in [0.4, 0.5) is 0 Å². The Hall–Kier alpha value is -0.490. The van der Waals surface area contributed by atoms with Gasteiger partial charge in [0, 0.05) is 10.9 Å². The van der Waals surface area contributed by atoms with Crippen LogP contribution < -0.4 is 5.32 Å². The van der Waals surface area contributed by atoms with Gasteiger partial charge < -0.3 is 5.32 Å². The molecule has 4 nitrogen and oxygen atoms in total. The number of alkyl halides is 1. The summed E-state index contributed by atoms with van der Waals surface area (Å²) in [5.74, 6) is -0.0806. The van der Waals surface area contributed by atoms with Crippen molar-refractivity contribution in [1.29, 1.82) is 0 Å². The normalized spacial score (nSPS) is 11.5. The lowest BCUT2D eigenvalue weighted by molar-refractivity contribution is 0.0924. The van der Waals surface area contributed by atoms with E-state index in [1.807, 2.05) is 13.8 Å². The maximum atomic E-state index is 12.0. The Morgan fingerprint density at radius 3 is 2.81 bits per heavy atom. The number of carbonyl (C=O) groups is 1. The molecule has 0 aliphatic carbocycles. The standard InChI is InChI=1S/C10H16BrN3OS/c1-4-5-7-8(16-14-13-7)9(15)12-10(2,3)6-11/h4-6H2,1-3H3,(H,12,15). The highest BCUT2D eigenvalue weighted by atomic mass is 79.9. The number of nitrogens with zero attached hydrogens (tertiary/aromatic N) is 2. The summed E-state index contributed by atoms with van der Waals surface area (Å²) < 4.78 is 3.84. The van der Waals surface area contributed by atoms with Crippen molar-refractivity contribution in [2.75, 3.05) is 5.33 Å². The van der Waals surface area contributed by atoms with E-state index in [2.05, 4.69) is 37.8 Å². The van der Waals surface area contributed by atoms with Gasteiger partial charge in [-0.2, -0.15) is 0 Å². The van der Waals surface area contributed by atoms with Crippen molar-refractivity contribution in [3.05, 3.63) is 10.6 Å². The van der Waals surface area contributed by atoms with Gasteiger partial charge in [0.15, 0.2) is 0 Å². The quantitative estimate of drug-likeness (QED) is 0.850. The van der Waals surface area contributed by atoms with E-state index < -0.39 is 0 Å². The number of carbonyl (C=O) groups excluding carboxylic acids is 1. The van der Waals surface area contributed by atoms with E-state index >= 15 is 0 Å². The summed E-state index contributed by atoms with van der Waals surface area (Å²) in [6.07, 6.45) is 1.77. The third-order valence-corrected chi connectivity index (χ3v) is 4.20. The highest BCUT2D eigenvalue weighted by Crippen LogP contribution is 2.15. The van der Waals surface area contributed by atoms with Gasteiger partial charge in [-0.3, -0.25) is 4.79 Å². The summed E-state index contributed by atoms with van der Waals surface area (Å²) in [6.45, 7) is 5.99. The zero-order valence-electron chi connectivity index (χ0n) is 9.71. The van der Waals surface area contributed by atoms with Crippen LogP contribution in [0.5, 0.6) is 0 Å². The van der Waals surface area contributed by atoms with Gasteiger partial charge in [-0.15, -0.1) is 5.10 Å². The second kappa shape index (κ2) is 5.72. The third-order valence-electron chi connectivity index (χ3n) is 2.03. The number of aryl methyl sites for hydroxylation is 1. The number of rotatable bonds is 5. The molecule has 0 atom stereocenters. The van der Waals surface area contributed by atoms with Gasteiger partial charge in [0.2, 0.25) is 0 Å². The summed E-state index contributed by atoms with van der Waals surface area (Å²) in [4.78, 5) is 12.6. The fraction of sp³-hybridized carbons (Fsp3) is 0.700. The zero-order chi connectivity index (χ0) is 12.2. The van der Waals surface area contributed by atoms with Crippen LogP contribution in [0.1, 0.15) is 42.6 Å². The number of amides is 1. The van der Waals surface area contributed by atoms with Gasteiger partial charge in [0.1, 0.15) is 4.88 Å². The fourth-order valence-corrected chi connectivity index (χ4v) is 1.92. The topological polar surface area (TPSA) is 54.9 Å². The monoisotopic (exact) mass is 305 g/mol. The Labute approximate surface area is 108 Å². The molecule has 1 rings (SSSR count). The molecular formula is C10H16BrN3OS. The fourth-order valence-electron chi connectivity index (χ4n) is 1.18. The molecule has 0 fully saturated rings. The van der Waals surface area contributed by atoms with Crippen molar-refractivity contribution >= 4 is 33.4 Å². The van der Waals surface area contributed by atoms with E-state index in [-0.39, 0.29) is 11.4 Å². The average Bonchev–Trinajstić information content (AvgIpc) is 2.66. The van der Waals surface area contributed by atoms with Gasteiger partial charge in [0.05, 0.1) is 5.69 Å². The molecule has 0 aromatic carbocycles. The summed E-state index contributed by atoms with van der Waals surface area (Å²) >= 11 is 4.53. The second-order valence-electron chi connectivity index (χ2n) is 4.27. The molecular weight excluding hydrogens is 290 g/mol. The Morgan fingerprint density at radius 1 is 1.56 bits per heavy atom. The number of hydrogen-bond acceptors (Lipinski definition) is 4. The predicted octanol–water partition coefficient (Wildman–Crippen LogP) is 2.39. The molecule has 90 valence electrons. The van der Waals surface area contributed by atoms with Crippen molar-refractivity contribution < 1.29 is 4.79 Å². The maximum absolute atomic E-state index is 12.0. The van der Waals surface area contributed by atoms with Crippen LogP contribution in [-0.2, 0) is 6.42 Å². The highest BCUT2D eigenvalue weighted by molar-refractivity contribution is 9.09. The third kappa shape index (κ3) is 3.52. The molecule has 0 saturated heterocycles. The van der Waals surface area contributed by atoms with E-state index in [0.29, 0.717) is 10.2 Å². The van der Waals surface area contributed by atoms with Gasteiger partial charge in [0.25, 0.3) is 5.91 Å². The molecule has 0 unspecified atom stereocenters. The smallest absolute Gasteiger partial charge is 0.265 e. The summed E-state index contributed by atoms with van der Waals surface area (Å²) in [5.41, 5.74) is 0.542. The minimum atomic E-state index is -0.259. The molecule has 0 bridgehead atoms. The Morgan fingerprint density at radius 2 is 2.25 bits per heavy atom. The molecule has 0 aliphatic heterocycles. The van der Waals surface area contributed by atoms with E-state index in [0.717, 1.165) is 30.1 Å². The van der Waals surface area contributed by atoms with Gasteiger partial charge >= 0.3 is 0 Å². The highest BCUT2D eigenvalue weighted by Gasteiger charge is 2.23. The Kier molecular flexibility index (Phi) is 4.86. The van der Waals surface area contributed by atoms with E-state index in [1.165, 1.54) is 0 Å². The number of hydrogen-bond donors (Lipinski definition) is 1. The Bertz CT molecular complexity index is 365. The van der Waals surface area contributed by atoms with Crippen LogP contribution in [0.3, 0.4) is 0 Å². The van der Waals surface area contributed by atoms with Crippen LogP contribution in [-0.4, -0.2) is 26.4 Å². The first kappa shape index (κ1) is 13.6. The molecule has 0 spiro atoms. The molecule has 0 saturated carbocycles. The van der Waals surface area contributed by atoms with Crippen molar-refractivity contribution in [1.82, 2.24) is 14.9 Å². The molecule has 1 N–H and O–H groups in total. The summed E-state index contributed by atoms with van der Waals surface area (Å²) in [6, 6.07) is 0. The molecule has 16 heavy (non-hydrogen) atoms. The molecule has 1 amide bonds. The molecule has 1 heterocycles. The van der Waals surface area contributed by atoms with E-state index in [9.17, 15) is 4.79 Å². The molecule has 1 aromatic heterocycles. The first-order valence-electron chi connectivity index (χ1n) is 5.20. The van der Waals surface area contributed by atoms with Crippen molar-refractivity contribution in [3.8, 4) is 0 Å².